The van der Waals surface area contributed by atoms with Crippen molar-refractivity contribution in [2.24, 2.45) is 5.73 Å². The summed E-state index contributed by atoms with van der Waals surface area (Å²) in [5.41, 5.74) is 6.54. The smallest absolute Gasteiger partial charge is 0.181 e. The first-order valence-corrected chi connectivity index (χ1v) is 7.16. The van der Waals surface area contributed by atoms with Gasteiger partial charge in [-0.25, -0.2) is 8.42 Å². The number of hydrogen-bond donors (Lipinski definition) is 1. The first kappa shape index (κ1) is 12.4. The third kappa shape index (κ3) is 2.17. The fourth-order valence-electron chi connectivity index (χ4n) is 2.28. The number of nitrogens with two attached hydrogens (primary N) is 1. The molecule has 0 fully saturated rings. The van der Waals surface area contributed by atoms with E-state index >= 15 is 0 Å². The normalized spacial score (nSPS) is 23.1. The van der Waals surface area contributed by atoms with E-state index < -0.39 is 9.84 Å². The Bertz CT molecular complexity index is 523. The second-order valence-corrected chi connectivity index (χ2v) is 6.75. The Morgan fingerprint density at radius 1 is 1.53 bits per heavy atom. The van der Waals surface area contributed by atoms with Crippen molar-refractivity contribution < 1.29 is 13.2 Å². The lowest BCUT2D eigenvalue weighted by Crippen LogP contribution is -2.27. The van der Waals surface area contributed by atoms with E-state index in [9.17, 15) is 8.42 Å². The van der Waals surface area contributed by atoms with Gasteiger partial charge >= 0.3 is 0 Å². The number of benzene rings is 1. The SMILES string of the molecule is COc1ccc2c(c1)CC(CC(C)N)S2(=O)=O. The van der Waals surface area contributed by atoms with Crippen molar-refractivity contribution in [3.8, 4) is 5.75 Å². The second-order valence-electron chi connectivity index (χ2n) is 4.56. The molecule has 0 spiro atoms. The zero-order valence-corrected chi connectivity index (χ0v) is 10.8. The van der Waals surface area contributed by atoms with E-state index in [2.05, 4.69) is 0 Å². The largest absolute Gasteiger partial charge is 0.497 e. The van der Waals surface area contributed by atoms with Gasteiger partial charge in [0.15, 0.2) is 9.84 Å². The summed E-state index contributed by atoms with van der Waals surface area (Å²) >= 11 is 0. The van der Waals surface area contributed by atoms with E-state index in [1.165, 1.54) is 0 Å². The minimum absolute atomic E-state index is 0.106. The van der Waals surface area contributed by atoms with Crippen molar-refractivity contribution >= 4 is 9.84 Å². The van der Waals surface area contributed by atoms with E-state index in [4.69, 9.17) is 10.5 Å². The highest BCUT2D eigenvalue weighted by atomic mass is 32.2. The zero-order valence-electron chi connectivity index (χ0n) is 10.0. The highest BCUT2D eigenvalue weighted by Crippen LogP contribution is 2.35. The lowest BCUT2D eigenvalue weighted by Gasteiger charge is -2.11. The predicted molar refractivity (Wildman–Crippen MR) is 65.9 cm³/mol. The van der Waals surface area contributed by atoms with Crippen LogP contribution in [0.3, 0.4) is 0 Å². The number of ether oxygens (including phenoxy) is 1. The van der Waals surface area contributed by atoms with Gasteiger partial charge in [-0.1, -0.05) is 0 Å². The minimum atomic E-state index is -3.20. The fourth-order valence-corrected chi connectivity index (χ4v) is 4.36. The maximum Gasteiger partial charge on any atom is 0.181 e. The average Bonchev–Trinajstić information content (AvgIpc) is 2.49. The molecule has 1 aliphatic heterocycles. The Kier molecular flexibility index (Phi) is 3.14. The first-order valence-electron chi connectivity index (χ1n) is 5.61. The summed E-state index contributed by atoms with van der Waals surface area (Å²) in [6, 6.07) is 5.01. The van der Waals surface area contributed by atoms with Crippen LogP contribution < -0.4 is 10.5 Å². The summed E-state index contributed by atoms with van der Waals surface area (Å²) in [5.74, 6) is 0.695. The third-order valence-corrected chi connectivity index (χ3v) is 5.34. The van der Waals surface area contributed by atoms with E-state index in [0.29, 0.717) is 23.5 Å². The summed E-state index contributed by atoms with van der Waals surface area (Å²) in [4.78, 5) is 0.434. The summed E-state index contributed by atoms with van der Waals surface area (Å²) in [7, 11) is -1.63. The molecule has 0 radical (unpaired) electrons. The van der Waals surface area contributed by atoms with Gasteiger partial charge in [-0.15, -0.1) is 0 Å². The maximum absolute atomic E-state index is 12.2. The average molecular weight is 255 g/mol. The maximum atomic E-state index is 12.2. The Balaban J connectivity index is 2.39. The van der Waals surface area contributed by atoms with E-state index in [1.807, 2.05) is 6.92 Å². The van der Waals surface area contributed by atoms with Crippen LogP contribution in [-0.4, -0.2) is 26.8 Å². The Hall–Kier alpha value is -1.07. The van der Waals surface area contributed by atoms with Gasteiger partial charge in [-0.05, 0) is 43.5 Å². The fraction of sp³-hybridized carbons (Fsp3) is 0.500. The van der Waals surface area contributed by atoms with Crippen LogP contribution in [0, 0.1) is 0 Å². The van der Waals surface area contributed by atoms with Crippen molar-refractivity contribution in [3.05, 3.63) is 23.8 Å². The van der Waals surface area contributed by atoms with Gasteiger partial charge in [0, 0.05) is 6.04 Å². The molecule has 1 aromatic carbocycles. The highest BCUT2D eigenvalue weighted by molar-refractivity contribution is 7.92. The van der Waals surface area contributed by atoms with Crippen LogP contribution in [0.25, 0.3) is 0 Å². The lowest BCUT2D eigenvalue weighted by atomic mass is 10.1. The Morgan fingerprint density at radius 3 is 2.82 bits per heavy atom. The second kappa shape index (κ2) is 4.31. The molecule has 0 aliphatic carbocycles. The molecule has 2 atom stereocenters. The number of hydrogen-bond acceptors (Lipinski definition) is 4. The molecule has 17 heavy (non-hydrogen) atoms. The van der Waals surface area contributed by atoms with Crippen molar-refractivity contribution in [3.63, 3.8) is 0 Å². The van der Waals surface area contributed by atoms with Gasteiger partial charge in [-0.3, -0.25) is 0 Å². The van der Waals surface area contributed by atoms with E-state index in [-0.39, 0.29) is 11.3 Å². The molecule has 5 heteroatoms. The van der Waals surface area contributed by atoms with Gasteiger partial charge in [-0.2, -0.15) is 0 Å². The summed E-state index contributed by atoms with van der Waals surface area (Å²) in [6.45, 7) is 1.83. The van der Waals surface area contributed by atoms with Crippen molar-refractivity contribution in [2.45, 2.75) is 36.0 Å². The van der Waals surface area contributed by atoms with Gasteiger partial charge in [0.1, 0.15) is 5.75 Å². The zero-order chi connectivity index (χ0) is 12.6. The quantitative estimate of drug-likeness (QED) is 0.879. The molecule has 0 amide bonds. The molecule has 1 aliphatic rings. The molecule has 0 saturated carbocycles. The predicted octanol–water partition coefficient (Wildman–Crippen LogP) is 1.13. The van der Waals surface area contributed by atoms with Crippen LogP contribution in [0.2, 0.25) is 0 Å². The molecule has 2 N–H and O–H groups in total. The molecular formula is C12H17NO3S. The van der Waals surface area contributed by atoms with Gasteiger partial charge in [0.2, 0.25) is 0 Å². The van der Waals surface area contributed by atoms with Crippen LogP contribution >= 0.6 is 0 Å². The van der Waals surface area contributed by atoms with Crippen molar-refractivity contribution in [2.75, 3.05) is 7.11 Å². The van der Waals surface area contributed by atoms with Crippen LogP contribution in [-0.2, 0) is 16.3 Å². The molecule has 4 nitrogen and oxygen atoms in total. The van der Waals surface area contributed by atoms with Crippen LogP contribution in [0.15, 0.2) is 23.1 Å². The third-order valence-electron chi connectivity index (χ3n) is 3.10. The van der Waals surface area contributed by atoms with Crippen LogP contribution in [0.1, 0.15) is 18.9 Å². The summed E-state index contributed by atoms with van der Waals surface area (Å²) in [6.07, 6.45) is 1.04. The van der Waals surface area contributed by atoms with E-state index in [1.54, 1.807) is 25.3 Å². The molecular weight excluding hydrogens is 238 g/mol. The van der Waals surface area contributed by atoms with Crippen LogP contribution in [0.5, 0.6) is 5.75 Å². The Labute approximate surface area is 102 Å². The minimum Gasteiger partial charge on any atom is -0.497 e. The Morgan fingerprint density at radius 2 is 2.24 bits per heavy atom. The lowest BCUT2D eigenvalue weighted by molar-refractivity contribution is 0.414. The molecule has 0 bridgehead atoms. The first-order chi connectivity index (χ1) is 7.95. The van der Waals surface area contributed by atoms with Crippen LogP contribution in [0.4, 0.5) is 0 Å². The summed E-state index contributed by atoms with van der Waals surface area (Å²) in [5, 5.41) is -0.385. The molecule has 2 rings (SSSR count). The van der Waals surface area contributed by atoms with Gasteiger partial charge in [0.25, 0.3) is 0 Å². The molecule has 94 valence electrons. The monoisotopic (exact) mass is 255 g/mol. The molecule has 1 heterocycles. The van der Waals surface area contributed by atoms with Crippen molar-refractivity contribution in [1.82, 2.24) is 0 Å². The number of methoxy groups -OCH3 is 1. The topological polar surface area (TPSA) is 69.4 Å². The number of rotatable bonds is 3. The molecule has 0 saturated heterocycles. The molecule has 0 aromatic heterocycles. The molecule has 2 unspecified atom stereocenters. The van der Waals surface area contributed by atoms with Crippen molar-refractivity contribution in [1.29, 1.82) is 0 Å². The standard InChI is InChI=1S/C12H17NO3S/c1-8(13)5-11-7-9-6-10(16-2)3-4-12(9)17(11,14)15/h3-4,6,8,11H,5,7,13H2,1-2H3. The number of sulfone groups is 1. The van der Waals surface area contributed by atoms with Gasteiger partial charge in [0.05, 0.1) is 17.3 Å². The highest BCUT2D eigenvalue weighted by Gasteiger charge is 2.37. The van der Waals surface area contributed by atoms with Gasteiger partial charge < -0.3 is 10.5 Å². The van der Waals surface area contributed by atoms with E-state index in [0.717, 1.165) is 5.56 Å². The molecule has 1 aromatic rings. The summed E-state index contributed by atoms with van der Waals surface area (Å²) < 4.78 is 29.6. The number of fused-ring (bicyclic) bond motifs is 1.